The molecule has 0 atom stereocenters. The molecule has 3 aromatic rings. The van der Waals surface area contributed by atoms with Crippen molar-refractivity contribution < 1.29 is 13.9 Å². The summed E-state index contributed by atoms with van der Waals surface area (Å²) in [5.74, 6) is 1.39. The number of rotatable bonds is 10. The Kier molecular flexibility index (Phi) is 8.41. The van der Waals surface area contributed by atoms with Gasteiger partial charge in [0, 0.05) is 56.3 Å². The Bertz CT molecular complexity index is 1050. The van der Waals surface area contributed by atoms with Crippen molar-refractivity contribution in [1.82, 2.24) is 15.2 Å². The molecule has 0 saturated carbocycles. The lowest BCUT2D eigenvalue weighted by molar-refractivity contribution is -0.120. The molecule has 6 nitrogen and oxygen atoms in total. The molecule has 9 heteroatoms. The molecule has 1 aliphatic rings. The highest BCUT2D eigenvalue weighted by Crippen LogP contribution is 2.32. The molecule has 1 aromatic heterocycles. The summed E-state index contributed by atoms with van der Waals surface area (Å²) in [4.78, 5) is 22.6. The van der Waals surface area contributed by atoms with Crippen LogP contribution in [-0.4, -0.2) is 67.4 Å². The van der Waals surface area contributed by atoms with E-state index in [1.54, 1.807) is 35.2 Å². The molecule has 0 bridgehead atoms. The van der Waals surface area contributed by atoms with Gasteiger partial charge in [-0.1, -0.05) is 11.3 Å². The maximum absolute atomic E-state index is 12.9. The van der Waals surface area contributed by atoms with Crippen molar-refractivity contribution >= 4 is 44.4 Å². The average Bonchev–Trinajstić information content (AvgIpc) is 3.24. The summed E-state index contributed by atoms with van der Waals surface area (Å²) in [6.07, 6.45) is 0.457. The molecule has 1 N–H and O–H groups in total. The number of fused-ring (bicyclic) bond motifs is 1. The van der Waals surface area contributed by atoms with Crippen LogP contribution in [0.2, 0.25) is 0 Å². The maximum Gasteiger partial charge on any atom is 0.220 e. The van der Waals surface area contributed by atoms with Crippen molar-refractivity contribution in [3.8, 4) is 5.75 Å². The van der Waals surface area contributed by atoms with Crippen molar-refractivity contribution in [2.45, 2.75) is 18.2 Å². The Morgan fingerprint density at radius 2 is 1.97 bits per heavy atom. The van der Waals surface area contributed by atoms with Gasteiger partial charge in [-0.05, 0) is 49.4 Å². The van der Waals surface area contributed by atoms with E-state index in [1.807, 2.05) is 19.1 Å². The molecule has 0 radical (unpaired) electrons. The van der Waals surface area contributed by atoms with Crippen LogP contribution in [0, 0.1) is 5.82 Å². The zero-order chi connectivity index (χ0) is 23.0. The monoisotopic (exact) mass is 488 g/mol. The van der Waals surface area contributed by atoms with Crippen molar-refractivity contribution in [2.75, 3.05) is 56.5 Å². The summed E-state index contributed by atoms with van der Waals surface area (Å²) < 4.78 is 19.7. The minimum Gasteiger partial charge on any atom is -0.494 e. The highest BCUT2D eigenvalue weighted by Gasteiger charge is 2.20. The highest BCUT2D eigenvalue weighted by atomic mass is 32.2. The Labute approximate surface area is 202 Å². The number of halogens is 1. The zero-order valence-electron chi connectivity index (χ0n) is 18.8. The number of nitrogens with zero attached hydrogens (tertiary/aromatic N) is 3. The van der Waals surface area contributed by atoms with Gasteiger partial charge < -0.3 is 15.0 Å². The van der Waals surface area contributed by atoms with Crippen LogP contribution in [0.15, 0.2) is 47.4 Å². The van der Waals surface area contributed by atoms with E-state index in [1.165, 1.54) is 12.1 Å². The molecule has 4 rings (SSSR count). The van der Waals surface area contributed by atoms with E-state index in [4.69, 9.17) is 9.72 Å². The Balaban J connectivity index is 1.14. The fraction of sp³-hybridized carbons (Fsp3) is 0.417. The molecule has 1 fully saturated rings. The van der Waals surface area contributed by atoms with Crippen LogP contribution in [-0.2, 0) is 4.79 Å². The van der Waals surface area contributed by atoms with Gasteiger partial charge in [-0.25, -0.2) is 9.37 Å². The molecular formula is C24H29FN4O2S2. The van der Waals surface area contributed by atoms with Gasteiger partial charge in [-0.2, -0.15) is 0 Å². The van der Waals surface area contributed by atoms with Gasteiger partial charge in [-0.15, -0.1) is 11.8 Å². The summed E-state index contributed by atoms with van der Waals surface area (Å²) >= 11 is 3.28. The van der Waals surface area contributed by atoms with Crippen molar-refractivity contribution in [1.29, 1.82) is 0 Å². The molecule has 176 valence electrons. The van der Waals surface area contributed by atoms with Crippen molar-refractivity contribution in [3.63, 3.8) is 0 Å². The quantitative estimate of drug-likeness (QED) is 0.431. The molecular weight excluding hydrogens is 459 g/mol. The number of carbonyl (C=O) groups is 1. The second-order valence-corrected chi connectivity index (χ2v) is 9.97. The first-order valence-electron chi connectivity index (χ1n) is 11.3. The van der Waals surface area contributed by atoms with Gasteiger partial charge in [0.1, 0.15) is 11.6 Å². The van der Waals surface area contributed by atoms with Gasteiger partial charge in [-0.3, -0.25) is 9.69 Å². The Morgan fingerprint density at radius 1 is 1.18 bits per heavy atom. The largest absolute Gasteiger partial charge is 0.494 e. The minimum absolute atomic E-state index is 0.0594. The van der Waals surface area contributed by atoms with Gasteiger partial charge in [0.05, 0.1) is 16.8 Å². The fourth-order valence-corrected chi connectivity index (χ4v) is 5.58. The number of hydrogen-bond donors (Lipinski definition) is 1. The van der Waals surface area contributed by atoms with Gasteiger partial charge >= 0.3 is 0 Å². The smallest absolute Gasteiger partial charge is 0.220 e. The van der Waals surface area contributed by atoms with Crippen LogP contribution in [0.3, 0.4) is 0 Å². The molecule has 0 spiro atoms. The van der Waals surface area contributed by atoms with Gasteiger partial charge in [0.2, 0.25) is 5.91 Å². The molecule has 1 saturated heterocycles. The van der Waals surface area contributed by atoms with E-state index in [9.17, 15) is 9.18 Å². The number of hydrogen-bond acceptors (Lipinski definition) is 7. The molecule has 2 aromatic carbocycles. The molecule has 33 heavy (non-hydrogen) atoms. The van der Waals surface area contributed by atoms with E-state index < -0.39 is 0 Å². The standard InChI is InChI=1S/C24H29FN4O2S2/c1-2-31-19-5-8-21-22(17-19)33-24(27-21)29-14-12-28(13-15-29)11-10-26-23(30)9-16-32-20-6-3-18(25)4-7-20/h3-8,17H,2,9-16H2,1H3,(H,26,30). The van der Waals surface area contributed by atoms with E-state index in [-0.39, 0.29) is 11.7 Å². The number of benzene rings is 2. The van der Waals surface area contributed by atoms with E-state index in [0.29, 0.717) is 25.3 Å². The molecule has 1 aliphatic heterocycles. The summed E-state index contributed by atoms with van der Waals surface area (Å²) in [5, 5.41) is 4.07. The maximum atomic E-state index is 12.9. The van der Waals surface area contributed by atoms with Gasteiger partial charge in [0.15, 0.2) is 5.13 Å². The van der Waals surface area contributed by atoms with E-state index in [2.05, 4.69) is 21.2 Å². The number of ether oxygens (including phenoxy) is 1. The van der Waals surface area contributed by atoms with Crippen LogP contribution >= 0.6 is 23.1 Å². The fourth-order valence-electron chi connectivity index (χ4n) is 3.68. The number of piperazine rings is 1. The first-order valence-corrected chi connectivity index (χ1v) is 13.1. The lowest BCUT2D eigenvalue weighted by atomic mass is 10.3. The summed E-state index contributed by atoms with van der Waals surface area (Å²) in [6, 6.07) is 12.4. The predicted octanol–water partition coefficient (Wildman–Crippen LogP) is 4.25. The summed E-state index contributed by atoms with van der Waals surface area (Å²) in [7, 11) is 0. The number of carbonyl (C=O) groups excluding carboxylic acids is 1. The second kappa shape index (κ2) is 11.7. The number of thioether (sulfide) groups is 1. The normalized spacial score (nSPS) is 14.5. The topological polar surface area (TPSA) is 57.7 Å². The van der Waals surface area contributed by atoms with Crippen LogP contribution in [0.4, 0.5) is 9.52 Å². The number of nitrogens with one attached hydrogen (secondary N) is 1. The predicted molar refractivity (Wildman–Crippen MR) is 134 cm³/mol. The third-order valence-corrected chi connectivity index (χ3v) is 7.56. The van der Waals surface area contributed by atoms with Crippen molar-refractivity contribution in [2.24, 2.45) is 0 Å². The first kappa shape index (κ1) is 23.8. The zero-order valence-corrected chi connectivity index (χ0v) is 20.4. The Hall–Kier alpha value is -2.36. The van der Waals surface area contributed by atoms with Gasteiger partial charge in [0.25, 0.3) is 0 Å². The lowest BCUT2D eigenvalue weighted by Gasteiger charge is -2.34. The highest BCUT2D eigenvalue weighted by molar-refractivity contribution is 7.99. The summed E-state index contributed by atoms with van der Waals surface area (Å²) in [6.45, 7) is 7.92. The van der Waals surface area contributed by atoms with Crippen LogP contribution in [0.25, 0.3) is 10.2 Å². The number of amides is 1. The molecule has 2 heterocycles. The van der Waals surface area contributed by atoms with Crippen LogP contribution in [0.1, 0.15) is 13.3 Å². The third kappa shape index (κ3) is 6.82. The molecule has 0 unspecified atom stereocenters. The second-order valence-electron chi connectivity index (χ2n) is 7.79. The van der Waals surface area contributed by atoms with E-state index in [0.717, 1.165) is 58.7 Å². The number of anilines is 1. The Morgan fingerprint density at radius 3 is 2.73 bits per heavy atom. The first-order chi connectivity index (χ1) is 16.1. The van der Waals surface area contributed by atoms with Crippen molar-refractivity contribution in [3.05, 3.63) is 48.3 Å². The number of thiazole rings is 1. The SMILES string of the molecule is CCOc1ccc2nc(N3CCN(CCNC(=O)CCSc4ccc(F)cc4)CC3)sc2c1. The average molecular weight is 489 g/mol. The van der Waals surface area contributed by atoms with Crippen LogP contribution in [0.5, 0.6) is 5.75 Å². The number of aromatic nitrogens is 1. The molecule has 1 amide bonds. The minimum atomic E-state index is -0.242. The molecule has 0 aliphatic carbocycles. The third-order valence-electron chi connectivity index (χ3n) is 5.46. The van der Waals surface area contributed by atoms with Crippen LogP contribution < -0.4 is 15.0 Å². The van der Waals surface area contributed by atoms with E-state index >= 15 is 0 Å². The summed E-state index contributed by atoms with van der Waals surface area (Å²) in [5.41, 5.74) is 1.01. The lowest BCUT2D eigenvalue weighted by Crippen LogP contribution is -2.48.